The van der Waals surface area contributed by atoms with Crippen LogP contribution in [0.5, 0.6) is 0 Å². The summed E-state index contributed by atoms with van der Waals surface area (Å²) in [6.45, 7) is 0. The number of benzene rings is 1. The molecule has 0 saturated heterocycles. The second-order valence-electron chi connectivity index (χ2n) is 5.31. The van der Waals surface area contributed by atoms with Crippen molar-refractivity contribution in [1.82, 2.24) is 14.8 Å². The molecule has 3 rings (SSSR count). The number of rotatable bonds is 3. The van der Waals surface area contributed by atoms with Crippen LogP contribution in [0.25, 0.3) is 17.1 Å². The Balaban J connectivity index is 2.13. The number of hydrogen-bond acceptors (Lipinski definition) is 4. The van der Waals surface area contributed by atoms with Crippen molar-refractivity contribution in [3.05, 3.63) is 60.4 Å². The molecule has 130 valence electrons. The van der Waals surface area contributed by atoms with Gasteiger partial charge in [0.15, 0.2) is 21.3 Å². The van der Waals surface area contributed by atoms with Crippen molar-refractivity contribution in [2.45, 2.75) is 11.1 Å². The Kier molecular flexibility index (Phi) is 4.11. The van der Waals surface area contributed by atoms with E-state index in [9.17, 15) is 21.6 Å². The first-order valence-electron chi connectivity index (χ1n) is 7.05. The molecule has 25 heavy (non-hydrogen) atoms. The minimum atomic E-state index is -4.64. The van der Waals surface area contributed by atoms with E-state index in [2.05, 4.69) is 10.1 Å². The molecule has 0 fully saturated rings. The molecule has 0 atom stereocenters. The number of hydrogen-bond donors (Lipinski definition) is 0. The number of alkyl halides is 3. The molecule has 0 N–H and O–H groups in total. The van der Waals surface area contributed by atoms with Gasteiger partial charge in [-0.3, -0.25) is 0 Å². The fourth-order valence-electron chi connectivity index (χ4n) is 2.22. The molecule has 5 nitrogen and oxygen atoms in total. The molecule has 1 aromatic carbocycles. The van der Waals surface area contributed by atoms with Gasteiger partial charge in [0.1, 0.15) is 0 Å². The lowest BCUT2D eigenvalue weighted by atomic mass is 10.1. The lowest BCUT2D eigenvalue weighted by Gasteiger charge is -2.09. The van der Waals surface area contributed by atoms with Gasteiger partial charge in [-0.05, 0) is 18.2 Å². The highest BCUT2D eigenvalue weighted by Gasteiger charge is 2.36. The molecule has 0 unspecified atom stereocenters. The van der Waals surface area contributed by atoms with Crippen LogP contribution in [0, 0.1) is 0 Å². The van der Waals surface area contributed by atoms with Crippen LogP contribution in [0.3, 0.4) is 0 Å². The highest BCUT2D eigenvalue weighted by Crippen LogP contribution is 2.33. The monoisotopic (exact) mass is 367 g/mol. The van der Waals surface area contributed by atoms with Gasteiger partial charge in [-0.1, -0.05) is 30.3 Å². The van der Waals surface area contributed by atoms with Crippen LogP contribution in [-0.2, 0) is 16.0 Å². The zero-order chi connectivity index (χ0) is 18.2. The Labute approximate surface area is 141 Å². The van der Waals surface area contributed by atoms with Crippen LogP contribution in [0.15, 0.2) is 59.6 Å². The van der Waals surface area contributed by atoms with E-state index in [-0.39, 0.29) is 16.4 Å². The Morgan fingerprint density at radius 2 is 1.72 bits per heavy atom. The van der Waals surface area contributed by atoms with E-state index in [0.29, 0.717) is 10.2 Å². The SMILES string of the molecule is CS(=O)(=O)c1ccc(-n2nc(-c3ccccc3)cc2C(F)(F)F)nc1. The van der Waals surface area contributed by atoms with Gasteiger partial charge in [0, 0.05) is 18.0 Å². The average Bonchev–Trinajstić information content (AvgIpc) is 3.01. The van der Waals surface area contributed by atoms with E-state index in [4.69, 9.17) is 0 Å². The Morgan fingerprint density at radius 1 is 1.04 bits per heavy atom. The van der Waals surface area contributed by atoms with E-state index in [0.717, 1.165) is 18.5 Å². The van der Waals surface area contributed by atoms with Gasteiger partial charge in [-0.15, -0.1) is 0 Å². The van der Waals surface area contributed by atoms with E-state index in [1.165, 1.54) is 12.1 Å². The lowest BCUT2D eigenvalue weighted by molar-refractivity contribution is -0.142. The van der Waals surface area contributed by atoms with Crippen molar-refractivity contribution < 1.29 is 21.6 Å². The van der Waals surface area contributed by atoms with E-state index in [1.807, 2.05) is 0 Å². The summed E-state index contributed by atoms with van der Waals surface area (Å²) in [6, 6.07) is 11.7. The van der Waals surface area contributed by atoms with Crippen LogP contribution in [0.2, 0.25) is 0 Å². The second kappa shape index (κ2) is 5.99. The van der Waals surface area contributed by atoms with Gasteiger partial charge in [-0.2, -0.15) is 18.3 Å². The van der Waals surface area contributed by atoms with Crippen molar-refractivity contribution in [3.63, 3.8) is 0 Å². The first kappa shape index (κ1) is 17.2. The van der Waals surface area contributed by atoms with Crippen LogP contribution >= 0.6 is 0 Å². The maximum absolute atomic E-state index is 13.3. The zero-order valence-electron chi connectivity index (χ0n) is 12.9. The molecule has 0 amide bonds. The minimum Gasteiger partial charge on any atom is -0.236 e. The van der Waals surface area contributed by atoms with Gasteiger partial charge < -0.3 is 0 Å². The largest absolute Gasteiger partial charge is 0.433 e. The second-order valence-corrected chi connectivity index (χ2v) is 7.33. The number of halogens is 3. The van der Waals surface area contributed by atoms with Crippen molar-refractivity contribution in [1.29, 1.82) is 0 Å². The normalized spacial score (nSPS) is 12.3. The molecule has 0 radical (unpaired) electrons. The predicted octanol–water partition coefficient (Wildman–Crippen LogP) is 3.36. The van der Waals surface area contributed by atoms with E-state index in [1.54, 1.807) is 30.3 Å². The van der Waals surface area contributed by atoms with Crippen molar-refractivity contribution in [2.24, 2.45) is 0 Å². The molecule has 2 aromatic heterocycles. The van der Waals surface area contributed by atoms with Crippen LogP contribution < -0.4 is 0 Å². The fourth-order valence-corrected chi connectivity index (χ4v) is 2.78. The number of aromatic nitrogens is 3. The highest BCUT2D eigenvalue weighted by atomic mass is 32.2. The van der Waals surface area contributed by atoms with Crippen LogP contribution in [-0.4, -0.2) is 29.4 Å². The summed E-state index contributed by atoms with van der Waals surface area (Å²) < 4.78 is 63.6. The first-order chi connectivity index (χ1) is 11.7. The smallest absolute Gasteiger partial charge is 0.236 e. The molecule has 9 heteroatoms. The molecule has 0 aliphatic carbocycles. The minimum absolute atomic E-state index is 0.0831. The summed E-state index contributed by atoms with van der Waals surface area (Å²) in [5.41, 5.74) is -0.327. The molecule has 0 aliphatic heterocycles. The van der Waals surface area contributed by atoms with Gasteiger partial charge in [0.2, 0.25) is 0 Å². The lowest BCUT2D eigenvalue weighted by Crippen LogP contribution is -2.14. The molecule has 2 heterocycles. The Hall–Kier alpha value is -2.68. The van der Waals surface area contributed by atoms with Crippen molar-refractivity contribution >= 4 is 9.84 Å². The molecular formula is C16H12F3N3O2S. The summed E-state index contributed by atoms with van der Waals surface area (Å²) >= 11 is 0. The molecule has 3 aromatic rings. The molecule has 0 aliphatic rings. The maximum Gasteiger partial charge on any atom is 0.433 e. The molecule has 0 saturated carbocycles. The summed E-state index contributed by atoms with van der Waals surface area (Å²) in [4.78, 5) is 3.73. The van der Waals surface area contributed by atoms with Gasteiger partial charge >= 0.3 is 6.18 Å². The van der Waals surface area contributed by atoms with Crippen LogP contribution in [0.1, 0.15) is 5.69 Å². The summed E-state index contributed by atoms with van der Waals surface area (Å²) in [5.74, 6) is -0.123. The highest BCUT2D eigenvalue weighted by molar-refractivity contribution is 7.90. The third-order valence-electron chi connectivity index (χ3n) is 3.44. The van der Waals surface area contributed by atoms with E-state index >= 15 is 0 Å². The van der Waals surface area contributed by atoms with Gasteiger partial charge in [0.05, 0.1) is 10.6 Å². The average molecular weight is 367 g/mol. The third kappa shape index (κ3) is 3.55. The summed E-state index contributed by atoms with van der Waals surface area (Å²) in [6.07, 6.45) is -2.64. The molecule has 0 spiro atoms. The van der Waals surface area contributed by atoms with Gasteiger partial charge in [-0.25, -0.2) is 18.1 Å². The zero-order valence-corrected chi connectivity index (χ0v) is 13.7. The number of sulfone groups is 1. The van der Waals surface area contributed by atoms with Gasteiger partial charge in [0.25, 0.3) is 0 Å². The summed E-state index contributed by atoms with van der Waals surface area (Å²) in [7, 11) is -3.49. The van der Waals surface area contributed by atoms with Crippen molar-refractivity contribution in [2.75, 3.05) is 6.26 Å². The van der Waals surface area contributed by atoms with Crippen molar-refractivity contribution in [3.8, 4) is 17.1 Å². The molecular weight excluding hydrogens is 355 g/mol. The Morgan fingerprint density at radius 3 is 2.24 bits per heavy atom. The number of pyridine rings is 1. The maximum atomic E-state index is 13.3. The first-order valence-corrected chi connectivity index (χ1v) is 8.94. The quantitative estimate of drug-likeness (QED) is 0.712. The fraction of sp³-hybridized carbons (Fsp3) is 0.125. The topological polar surface area (TPSA) is 64.8 Å². The predicted molar refractivity (Wildman–Crippen MR) is 84.9 cm³/mol. The number of nitrogens with zero attached hydrogens (tertiary/aromatic N) is 3. The third-order valence-corrected chi connectivity index (χ3v) is 4.53. The summed E-state index contributed by atoms with van der Waals surface area (Å²) in [5, 5.41) is 3.99. The van der Waals surface area contributed by atoms with E-state index < -0.39 is 21.7 Å². The standard InChI is InChI=1S/C16H12F3N3O2S/c1-25(23,24)12-7-8-15(20-10-12)22-14(16(17,18)19)9-13(21-22)11-5-3-2-4-6-11/h2-10H,1H3. The van der Waals surface area contributed by atoms with Crippen LogP contribution in [0.4, 0.5) is 13.2 Å². The Bertz CT molecular complexity index is 995. The molecule has 0 bridgehead atoms.